The molecule has 2 rings (SSSR count). The summed E-state index contributed by atoms with van der Waals surface area (Å²) in [5, 5.41) is 9.60. The smallest absolute Gasteiger partial charge is 0.127 e. The first-order valence-electron chi connectivity index (χ1n) is 7.15. The maximum Gasteiger partial charge on any atom is 0.127 e. The lowest BCUT2D eigenvalue weighted by molar-refractivity contribution is 0.516. The van der Waals surface area contributed by atoms with Crippen molar-refractivity contribution in [2.45, 2.75) is 37.9 Å². The summed E-state index contributed by atoms with van der Waals surface area (Å²) in [6.45, 7) is 5.60. The molecule has 0 spiro atoms. The topological polar surface area (TPSA) is 60.9 Å². The molecule has 0 aliphatic carbocycles. The summed E-state index contributed by atoms with van der Waals surface area (Å²) in [5.41, 5.74) is 2.29. The zero-order valence-corrected chi connectivity index (χ0v) is 14.2. The van der Waals surface area contributed by atoms with Crippen LogP contribution in [0.15, 0.2) is 30.6 Å². The molecule has 1 aromatic carbocycles. The number of hydrogen-bond acceptors (Lipinski definition) is 2. The second-order valence-electron chi connectivity index (χ2n) is 6.30. The Hall–Kier alpha value is -1.53. The first kappa shape index (κ1) is 16.8. The quantitative estimate of drug-likeness (QED) is 0.919. The molecule has 22 heavy (non-hydrogen) atoms. The van der Waals surface area contributed by atoms with Crippen LogP contribution in [0.4, 0.5) is 4.39 Å². The van der Waals surface area contributed by atoms with Crippen molar-refractivity contribution < 1.29 is 8.60 Å². The highest BCUT2D eigenvalue weighted by molar-refractivity contribution is 7.84. The monoisotopic (exact) mass is 323 g/mol. The predicted molar refractivity (Wildman–Crippen MR) is 88.0 cm³/mol. The second-order valence-corrected chi connectivity index (χ2v) is 8.00. The third-order valence-corrected chi connectivity index (χ3v) is 5.17. The Balaban J connectivity index is 2.24. The molecule has 2 N–H and O–H groups in total. The molecule has 0 fully saturated rings. The highest BCUT2D eigenvalue weighted by Crippen LogP contribution is 2.31. The molecule has 6 heteroatoms. The van der Waals surface area contributed by atoms with Crippen LogP contribution in [-0.4, -0.2) is 18.7 Å². The molecule has 1 heterocycles. The van der Waals surface area contributed by atoms with Gasteiger partial charge in [0.05, 0.1) is 21.9 Å². The van der Waals surface area contributed by atoms with Crippen LogP contribution in [-0.2, 0) is 18.0 Å². The van der Waals surface area contributed by atoms with Gasteiger partial charge in [0.25, 0.3) is 0 Å². The Kier molecular flexibility index (Phi) is 4.82. The van der Waals surface area contributed by atoms with Gasteiger partial charge in [-0.3, -0.25) is 9.82 Å². The van der Waals surface area contributed by atoms with Gasteiger partial charge in [0.1, 0.15) is 5.82 Å². The molecule has 0 saturated heterocycles. The summed E-state index contributed by atoms with van der Waals surface area (Å²) in [4.78, 5) is 0. The molecule has 4 nitrogen and oxygen atoms in total. The maximum absolute atomic E-state index is 14.4. The number of nitrogens with two attached hydrogens (primary N) is 1. The van der Waals surface area contributed by atoms with Gasteiger partial charge in [-0.25, -0.2) is 8.60 Å². The van der Waals surface area contributed by atoms with Crippen molar-refractivity contribution in [3.05, 3.63) is 42.0 Å². The van der Waals surface area contributed by atoms with Gasteiger partial charge in [-0.05, 0) is 43.4 Å². The van der Waals surface area contributed by atoms with Crippen LogP contribution in [0.25, 0.3) is 11.1 Å². The molecule has 0 amide bonds. The van der Waals surface area contributed by atoms with E-state index in [-0.39, 0.29) is 11.7 Å². The molecule has 0 aliphatic heterocycles. The number of aromatic nitrogens is 2. The van der Waals surface area contributed by atoms with Crippen LogP contribution in [0, 0.1) is 5.82 Å². The van der Waals surface area contributed by atoms with Crippen LogP contribution in [0.1, 0.15) is 38.7 Å². The van der Waals surface area contributed by atoms with Crippen molar-refractivity contribution in [3.8, 4) is 11.1 Å². The van der Waals surface area contributed by atoms with Crippen LogP contribution < -0.4 is 5.14 Å². The number of aryl methyl sites for hydroxylation is 1. The van der Waals surface area contributed by atoms with Gasteiger partial charge in [-0.2, -0.15) is 5.10 Å². The Bertz CT molecular complexity index is 696. The molecule has 1 unspecified atom stereocenters. The Morgan fingerprint density at radius 3 is 2.59 bits per heavy atom. The third kappa shape index (κ3) is 3.62. The average Bonchev–Trinajstić information content (AvgIpc) is 2.84. The summed E-state index contributed by atoms with van der Waals surface area (Å²) in [7, 11) is 0.383. The van der Waals surface area contributed by atoms with E-state index in [9.17, 15) is 8.60 Å². The molecule has 0 bridgehead atoms. The van der Waals surface area contributed by atoms with E-state index in [4.69, 9.17) is 5.14 Å². The SMILES string of the molecule is C[C@@H](CC(C)(C)S(N)=O)c1ccc(-c2cnn(C)c2)cc1F. The lowest BCUT2D eigenvalue weighted by Gasteiger charge is -2.25. The third-order valence-electron chi connectivity index (χ3n) is 3.91. The summed E-state index contributed by atoms with van der Waals surface area (Å²) in [5.74, 6) is -0.321. The lowest BCUT2D eigenvalue weighted by Crippen LogP contribution is -2.33. The number of nitrogens with zero attached hydrogens (tertiary/aromatic N) is 2. The van der Waals surface area contributed by atoms with Gasteiger partial charge in [0, 0.05) is 18.8 Å². The summed E-state index contributed by atoms with van der Waals surface area (Å²) in [6, 6.07) is 5.20. The number of rotatable bonds is 5. The van der Waals surface area contributed by atoms with Crippen LogP contribution >= 0.6 is 0 Å². The number of hydrogen-bond donors (Lipinski definition) is 1. The minimum Gasteiger partial charge on any atom is -0.275 e. The minimum atomic E-state index is -1.44. The lowest BCUT2D eigenvalue weighted by atomic mass is 9.90. The molecule has 120 valence electrons. The highest BCUT2D eigenvalue weighted by Gasteiger charge is 2.27. The van der Waals surface area contributed by atoms with Crippen LogP contribution in [0.2, 0.25) is 0 Å². The molecule has 2 aromatic rings. The zero-order valence-electron chi connectivity index (χ0n) is 13.3. The molecule has 2 atom stereocenters. The zero-order chi connectivity index (χ0) is 16.5. The summed E-state index contributed by atoms with van der Waals surface area (Å²) < 4.78 is 27.1. The summed E-state index contributed by atoms with van der Waals surface area (Å²) in [6.07, 6.45) is 4.11. The number of benzene rings is 1. The van der Waals surface area contributed by atoms with Gasteiger partial charge in [0.2, 0.25) is 0 Å². The molecule has 1 aromatic heterocycles. The van der Waals surface area contributed by atoms with Crippen molar-refractivity contribution >= 4 is 11.0 Å². The minimum absolute atomic E-state index is 0.0644. The first-order valence-corrected chi connectivity index (χ1v) is 8.37. The molecule has 0 radical (unpaired) electrons. The van der Waals surface area contributed by atoms with Gasteiger partial charge >= 0.3 is 0 Å². The standard InChI is InChI=1S/C16H22FN3OS/c1-11(8-16(2,3)22(18)21)14-6-5-12(7-15(14)17)13-9-19-20(4)10-13/h5-7,9-11H,8,18H2,1-4H3/t11-,22?/m0/s1. The van der Waals surface area contributed by atoms with Crippen molar-refractivity contribution in [2.75, 3.05) is 0 Å². The fourth-order valence-electron chi connectivity index (χ4n) is 2.61. The Labute approximate surface area is 133 Å². The predicted octanol–water partition coefficient (Wildman–Crippen LogP) is 3.12. The van der Waals surface area contributed by atoms with Gasteiger partial charge in [0.15, 0.2) is 0 Å². The van der Waals surface area contributed by atoms with Crippen molar-refractivity contribution in [3.63, 3.8) is 0 Å². The van der Waals surface area contributed by atoms with Gasteiger partial charge < -0.3 is 0 Å². The van der Waals surface area contributed by atoms with Gasteiger partial charge in [-0.1, -0.05) is 19.1 Å². The van der Waals surface area contributed by atoms with Crippen LogP contribution in [0.5, 0.6) is 0 Å². The second kappa shape index (κ2) is 6.30. The van der Waals surface area contributed by atoms with E-state index < -0.39 is 15.7 Å². The Morgan fingerprint density at radius 2 is 2.09 bits per heavy atom. The maximum atomic E-state index is 14.4. The largest absolute Gasteiger partial charge is 0.275 e. The van der Waals surface area contributed by atoms with Crippen molar-refractivity contribution in [1.82, 2.24) is 9.78 Å². The molecule has 0 saturated carbocycles. The van der Waals surface area contributed by atoms with Crippen molar-refractivity contribution in [1.29, 1.82) is 0 Å². The van der Waals surface area contributed by atoms with E-state index in [1.165, 1.54) is 6.07 Å². The average molecular weight is 323 g/mol. The van der Waals surface area contributed by atoms with Gasteiger partial charge in [-0.15, -0.1) is 0 Å². The van der Waals surface area contributed by atoms with E-state index in [2.05, 4.69) is 5.10 Å². The molecular formula is C16H22FN3OS. The van der Waals surface area contributed by atoms with E-state index in [0.29, 0.717) is 12.0 Å². The molecular weight excluding hydrogens is 301 g/mol. The number of halogens is 1. The fraction of sp³-hybridized carbons (Fsp3) is 0.438. The van der Waals surface area contributed by atoms with Crippen molar-refractivity contribution in [2.24, 2.45) is 12.2 Å². The molecule has 0 aliphatic rings. The highest BCUT2D eigenvalue weighted by atomic mass is 32.2. The van der Waals surface area contributed by atoms with E-state index in [1.54, 1.807) is 16.9 Å². The Morgan fingerprint density at radius 1 is 1.41 bits per heavy atom. The van der Waals surface area contributed by atoms with Crippen LogP contribution in [0.3, 0.4) is 0 Å². The normalized spacial score (nSPS) is 14.8. The van der Waals surface area contributed by atoms with E-state index >= 15 is 0 Å². The summed E-state index contributed by atoms with van der Waals surface area (Å²) >= 11 is 0. The first-order chi connectivity index (χ1) is 10.2. The fourth-order valence-corrected chi connectivity index (χ4v) is 3.02. The van der Waals surface area contributed by atoms with E-state index in [1.807, 2.05) is 40.1 Å². The van der Waals surface area contributed by atoms with E-state index in [0.717, 1.165) is 11.1 Å².